The first kappa shape index (κ1) is 13.4. The molecule has 2 rings (SSSR count). The molecule has 1 heterocycles. The summed E-state index contributed by atoms with van der Waals surface area (Å²) in [5, 5.41) is 10.1. The Balaban J connectivity index is 2.49. The molecule has 1 aromatic carbocycles. The Bertz CT molecular complexity index is 588. The average molecular weight is 263 g/mol. The van der Waals surface area contributed by atoms with Gasteiger partial charge in [-0.15, -0.1) is 0 Å². The highest BCUT2D eigenvalue weighted by atomic mass is 16.5. The van der Waals surface area contributed by atoms with Gasteiger partial charge in [0, 0.05) is 24.2 Å². The maximum absolute atomic E-state index is 11.4. The van der Waals surface area contributed by atoms with Gasteiger partial charge in [-0.3, -0.25) is 4.79 Å². The van der Waals surface area contributed by atoms with Crippen molar-refractivity contribution in [2.24, 2.45) is 0 Å². The summed E-state index contributed by atoms with van der Waals surface area (Å²) in [6, 6.07) is 5.67. The second kappa shape index (κ2) is 5.75. The largest absolute Gasteiger partial charge is 0.497 e. The highest BCUT2D eigenvalue weighted by Crippen LogP contribution is 2.26. The Morgan fingerprint density at radius 3 is 2.79 bits per heavy atom. The standard InChI is InChI=1S/C14H17NO4/c1-18-11-3-4-12-10(7-14(17)19-2)9-15(5-6-16)13(12)8-11/h3-4,8-9,16H,5-7H2,1-2H3. The summed E-state index contributed by atoms with van der Waals surface area (Å²) in [6.07, 6.45) is 2.09. The molecule has 0 atom stereocenters. The summed E-state index contributed by atoms with van der Waals surface area (Å²) in [6.45, 7) is 0.517. The van der Waals surface area contributed by atoms with Crippen LogP contribution in [0.1, 0.15) is 5.56 Å². The number of hydrogen-bond acceptors (Lipinski definition) is 4. The summed E-state index contributed by atoms with van der Waals surface area (Å²) >= 11 is 0. The maximum Gasteiger partial charge on any atom is 0.310 e. The van der Waals surface area contributed by atoms with Crippen LogP contribution in [0.5, 0.6) is 5.75 Å². The van der Waals surface area contributed by atoms with E-state index in [4.69, 9.17) is 14.6 Å². The topological polar surface area (TPSA) is 60.7 Å². The SMILES string of the molecule is COC(=O)Cc1cn(CCO)c2cc(OC)ccc12. The van der Waals surface area contributed by atoms with Crippen molar-refractivity contribution in [3.05, 3.63) is 30.0 Å². The van der Waals surface area contributed by atoms with E-state index in [1.165, 1.54) is 7.11 Å². The van der Waals surface area contributed by atoms with Crippen LogP contribution >= 0.6 is 0 Å². The van der Waals surface area contributed by atoms with Crippen LogP contribution in [-0.2, 0) is 22.5 Å². The molecule has 0 aliphatic carbocycles. The van der Waals surface area contributed by atoms with Crippen molar-refractivity contribution in [2.45, 2.75) is 13.0 Å². The number of hydrogen-bond donors (Lipinski definition) is 1. The molecule has 0 spiro atoms. The van der Waals surface area contributed by atoms with E-state index in [-0.39, 0.29) is 19.0 Å². The van der Waals surface area contributed by atoms with E-state index in [1.807, 2.05) is 29.0 Å². The van der Waals surface area contributed by atoms with Crippen molar-refractivity contribution in [1.82, 2.24) is 4.57 Å². The Labute approximate surface area is 111 Å². The predicted octanol–water partition coefficient (Wildman–Crippen LogP) is 1.36. The normalized spacial score (nSPS) is 10.7. The maximum atomic E-state index is 11.4. The molecule has 5 heteroatoms. The van der Waals surface area contributed by atoms with Gasteiger partial charge >= 0.3 is 5.97 Å². The monoisotopic (exact) mass is 263 g/mol. The number of benzene rings is 1. The number of carbonyl (C=O) groups is 1. The molecule has 0 bridgehead atoms. The first-order valence-electron chi connectivity index (χ1n) is 6.03. The van der Waals surface area contributed by atoms with Crippen LogP contribution in [0.15, 0.2) is 24.4 Å². The van der Waals surface area contributed by atoms with Crippen molar-refractivity contribution in [2.75, 3.05) is 20.8 Å². The summed E-state index contributed by atoms with van der Waals surface area (Å²) in [5.41, 5.74) is 1.82. The van der Waals surface area contributed by atoms with Gasteiger partial charge in [0.2, 0.25) is 0 Å². The third-order valence-electron chi connectivity index (χ3n) is 3.08. The van der Waals surface area contributed by atoms with Crippen LogP contribution in [0.2, 0.25) is 0 Å². The van der Waals surface area contributed by atoms with Crippen molar-refractivity contribution < 1.29 is 19.4 Å². The smallest absolute Gasteiger partial charge is 0.310 e. The van der Waals surface area contributed by atoms with Gasteiger partial charge < -0.3 is 19.1 Å². The van der Waals surface area contributed by atoms with Crippen LogP contribution in [0, 0.1) is 0 Å². The fourth-order valence-corrected chi connectivity index (χ4v) is 2.14. The van der Waals surface area contributed by atoms with Crippen molar-refractivity contribution in [1.29, 1.82) is 0 Å². The number of esters is 1. The summed E-state index contributed by atoms with van der Waals surface area (Å²) in [5.74, 6) is 0.466. The van der Waals surface area contributed by atoms with Gasteiger partial charge in [0.25, 0.3) is 0 Å². The molecule has 0 unspecified atom stereocenters. The van der Waals surface area contributed by atoms with Crippen molar-refractivity contribution in [3.63, 3.8) is 0 Å². The van der Waals surface area contributed by atoms with E-state index >= 15 is 0 Å². The van der Waals surface area contributed by atoms with E-state index in [2.05, 4.69) is 0 Å². The van der Waals surface area contributed by atoms with Crippen molar-refractivity contribution >= 4 is 16.9 Å². The highest BCUT2D eigenvalue weighted by Gasteiger charge is 2.12. The lowest BCUT2D eigenvalue weighted by Gasteiger charge is -2.04. The zero-order valence-electron chi connectivity index (χ0n) is 11.0. The van der Waals surface area contributed by atoms with Gasteiger partial charge in [0.15, 0.2) is 0 Å². The zero-order valence-corrected chi connectivity index (χ0v) is 11.0. The molecule has 0 fully saturated rings. The first-order chi connectivity index (χ1) is 9.19. The van der Waals surface area contributed by atoms with E-state index in [1.54, 1.807) is 7.11 Å². The number of fused-ring (bicyclic) bond motifs is 1. The summed E-state index contributed by atoms with van der Waals surface area (Å²) in [7, 11) is 2.98. The summed E-state index contributed by atoms with van der Waals surface area (Å²) in [4.78, 5) is 11.4. The lowest BCUT2D eigenvalue weighted by molar-refractivity contribution is -0.139. The molecule has 0 aliphatic rings. The molecule has 102 valence electrons. The number of aromatic nitrogens is 1. The summed E-state index contributed by atoms with van der Waals surface area (Å²) < 4.78 is 11.8. The molecule has 5 nitrogen and oxygen atoms in total. The Kier molecular flexibility index (Phi) is 4.06. The van der Waals surface area contributed by atoms with Gasteiger partial charge in [-0.05, 0) is 17.7 Å². The molecule has 0 amide bonds. The van der Waals surface area contributed by atoms with Gasteiger partial charge in [0.05, 0.1) is 32.8 Å². The molecule has 0 aliphatic heterocycles. The van der Waals surface area contributed by atoms with Gasteiger partial charge in [0.1, 0.15) is 5.75 Å². The minimum Gasteiger partial charge on any atom is -0.497 e. The Morgan fingerprint density at radius 2 is 2.16 bits per heavy atom. The van der Waals surface area contributed by atoms with Gasteiger partial charge in [-0.1, -0.05) is 0 Å². The molecule has 0 saturated heterocycles. The van der Waals surface area contributed by atoms with Crippen LogP contribution in [0.4, 0.5) is 0 Å². The predicted molar refractivity (Wildman–Crippen MR) is 71.3 cm³/mol. The van der Waals surface area contributed by atoms with E-state index < -0.39 is 0 Å². The second-order valence-corrected chi connectivity index (χ2v) is 4.21. The third kappa shape index (κ3) is 2.71. The van der Waals surface area contributed by atoms with Gasteiger partial charge in [-0.25, -0.2) is 0 Å². The van der Waals surface area contributed by atoms with Crippen LogP contribution in [-0.4, -0.2) is 36.5 Å². The number of rotatable bonds is 5. The van der Waals surface area contributed by atoms with E-state index in [0.29, 0.717) is 6.54 Å². The molecule has 19 heavy (non-hydrogen) atoms. The fourth-order valence-electron chi connectivity index (χ4n) is 2.14. The Hall–Kier alpha value is -2.01. The van der Waals surface area contributed by atoms with Crippen LogP contribution < -0.4 is 4.74 Å². The van der Waals surface area contributed by atoms with Gasteiger partial charge in [-0.2, -0.15) is 0 Å². The minimum atomic E-state index is -0.279. The second-order valence-electron chi connectivity index (χ2n) is 4.21. The Morgan fingerprint density at radius 1 is 1.37 bits per heavy atom. The first-order valence-corrected chi connectivity index (χ1v) is 6.03. The zero-order chi connectivity index (χ0) is 13.8. The molecular weight excluding hydrogens is 246 g/mol. The molecule has 1 aromatic heterocycles. The number of carbonyl (C=O) groups excluding carboxylic acids is 1. The minimum absolute atomic E-state index is 0.0403. The third-order valence-corrected chi connectivity index (χ3v) is 3.08. The number of nitrogens with zero attached hydrogens (tertiary/aromatic N) is 1. The fraction of sp³-hybridized carbons (Fsp3) is 0.357. The molecular formula is C14H17NO4. The van der Waals surface area contributed by atoms with Crippen LogP contribution in [0.25, 0.3) is 10.9 Å². The highest BCUT2D eigenvalue weighted by molar-refractivity contribution is 5.88. The number of methoxy groups -OCH3 is 2. The number of aliphatic hydroxyl groups is 1. The number of ether oxygens (including phenoxy) is 2. The number of aliphatic hydroxyl groups excluding tert-OH is 1. The molecule has 0 radical (unpaired) electrons. The average Bonchev–Trinajstić information content (AvgIpc) is 2.76. The lowest BCUT2D eigenvalue weighted by Crippen LogP contribution is -2.04. The lowest BCUT2D eigenvalue weighted by atomic mass is 10.1. The van der Waals surface area contributed by atoms with E-state index in [0.717, 1.165) is 22.2 Å². The molecule has 1 N–H and O–H groups in total. The molecule has 0 saturated carbocycles. The van der Waals surface area contributed by atoms with E-state index in [9.17, 15) is 4.79 Å². The van der Waals surface area contributed by atoms with Crippen molar-refractivity contribution in [3.8, 4) is 5.75 Å². The molecule has 2 aromatic rings. The van der Waals surface area contributed by atoms with Crippen LogP contribution in [0.3, 0.4) is 0 Å². The quantitative estimate of drug-likeness (QED) is 0.827.